The Balaban J connectivity index is 1.46. The summed E-state index contributed by atoms with van der Waals surface area (Å²) in [7, 11) is 0. The summed E-state index contributed by atoms with van der Waals surface area (Å²) in [6.45, 7) is 6.92. The molecule has 0 amide bonds. The standard InChI is InChI=1S/C32H32F2O7S/c1-17-13-20-21-15-23(33)22-14-19(35)9-10-29(22,3)31(21,34)18(2)16-30(20,4)32(17,41-26(36)24-7-5-11-39-24)28(38)42-27(37)25-8-6-12-40-25/h5-12,14,17-18,20-21,23H,13,15-16H2,1-4H3/t17-,18+,20?,21?,23+,29+,30+,31-,32+/m1/s1. The summed E-state index contributed by atoms with van der Waals surface area (Å²) in [6.07, 6.45) is 5.27. The normalized spacial score (nSPS) is 40.5. The summed E-state index contributed by atoms with van der Waals surface area (Å²) in [6, 6.07) is 5.89. The van der Waals surface area contributed by atoms with Crippen molar-refractivity contribution in [3.63, 3.8) is 0 Å². The number of carbonyl (C=O) groups excluding carboxylic acids is 4. The number of fused-ring (bicyclic) bond motifs is 5. The summed E-state index contributed by atoms with van der Waals surface area (Å²) in [5.74, 6) is -4.21. The number of hydrogen-bond donors (Lipinski definition) is 0. The van der Waals surface area contributed by atoms with E-state index in [4.69, 9.17) is 13.6 Å². The summed E-state index contributed by atoms with van der Waals surface area (Å²) >= 11 is 0.394. The number of halogens is 2. The number of allylic oxidation sites excluding steroid dienone is 4. The molecule has 7 nitrogen and oxygen atoms in total. The lowest BCUT2D eigenvalue weighted by molar-refractivity contribution is -0.199. The minimum absolute atomic E-state index is 0.0357. The van der Waals surface area contributed by atoms with Gasteiger partial charge >= 0.3 is 5.97 Å². The second-order valence-electron chi connectivity index (χ2n) is 12.6. The Bertz CT molecular complexity index is 1510. The fraction of sp³-hybridized carbons (Fsp3) is 0.500. The van der Waals surface area contributed by atoms with Crippen LogP contribution < -0.4 is 0 Å². The van der Waals surface area contributed by atoms with Crippen LogP contribution in [0.2, 0.25) is 0 Å². The van der Waals surface area contributed by atoms with Crippen molar-refractivity contribution in [3.05, 3.63) is 72.1 Å². The zero-order valence-electron chi connectivity index (χ0n) is 23.7. The molecule has 4 aliphatic carbocycles. The Morgan fingerprint density at radius 1 is 1.00 bits per heavy atom. The first-order valence-corrected chi connectivity index (χ1v) is 15.0. The molecule has 2 aromatic heterocycles. The first-order chi connectivity index (χ1) is 19.8. The van der Waals surface area contributed by atoms with E-state index in [9.17, 15) is 19.2 Å². The van der Waals surface area contributed by atoms with Crippen molar-refractivity contribution < 1.29 is 41.5 Å². The van der Waals surface area contributed by atoms with Crippen LogP contribution in [0.15, 0.2) is 69.4 Å². The molecular formula is C32H32F2O7S. The highest BCUT2D eigenvalue weighted by Crippen LogP contribution is 2.73. The molecule has 6 rings (SSSR count). The second-order valence-corrected chi connectivity index (χ2v) is 13.6. The average Bonchev–Trinajstić information content (AvgIpc) is 3.70. The zero-order valence-corrected chi connectivity index (χ0v) is 24.5. The fourth-order valence-corrected chi connectivity index (χ4v) is 9.95. The van der Waals surface area contributed by atoms with Crippen LogP contribution in [0.3, 0.4) is 0 Å². The van der Waals surface area contributed by atoms with Crippen molar-refractivity contribution in [1.82, 2.24) is 0 Å². The van der Waals surface area contributed by atoms with Gasteiger partial charge in [-0.3, -0.25) is 14.4 Å². The molecule has 0 aromatic carbocycles. The molecule has 9 atom stereocenters. The van der Waals surface area contributed by atoms with E-state index in [1.807, 2.05) is 0 Å². The van der Waals surface area contributed by atoms with E-state index in [0.29, 0.717) is 11.8 Å². The molecular weight excluding hydrogens is 566 g/mol. The molecule has 0 bridgehead atoms. The third kappa shape index (κ3) is 3.69. The molecule has 0 radical (unpaired) electrons. The smallest absolute Gasteiger partial charge is 0.375 e. The molecule has 4 aliphatic rings. The van der Waals surface area contributed by atoms with E-state index in [1.165, 1.54) is 55.0 Å². The van der Waals surface area contributed by atoms with Gasteiger partial charge in [0.1, 0.15) is 11.8 Å². The Morgan fingerprint density at radius 3 is 2.31 bits per heavy atom. The lowest BCUT2D eigenvalue weighted by Crippen LogP contribution is -2.68. The molecule has 0 spiro atoms. The second kappa shape index (κ2) is 9.62. The van der Waals surface area contributed by atoms with Gasteiger partial charge < -0.3 is 13.6 Å². The van der Waals surface area contributed by atoms with Crippen LogP contribution >= 0.6 is 11.8 Å². The number of esters is 1. The zero-order chi connectivity index (χ0) is 30.2. The van der Waals surface area contributed by atoms with Crippen molar-refractivity contribution in [2.75, 3.05) is 0 Å². The Kier molecular flexibility index (Phi) is 6.61. The van der Waals surface area contributed by atoms with E-state index in [2.05, 4.69) is 0 Å². The van der Waals surface area contributed by atoms with Gasteiger partial charge in [-0.15, -0.1) is 0 Å². The van der Waals surface area contributed by atoms with Crippen molar-refractivity contribution in [2.24, 2.45) is 34.5 Å². The van der Waals surface area contributed by atoms with E-state index in [1.54, 1.807) is 27.7 Å². The maximum absolute atomic E-state index is 17.9. The van der Waals surface area contributed by atoms with Gasteiger partial charge in [-0.25, -0.2) is 13.6 Å². The fourth-order valence-electron chi connectivity index (χ4n) is 8.93. The quantitative estimate of drug-likeness (QED) is 0.358. The number of ketones is 1. The highest BCUT2D eigenvalue weighted by molar-refractivity contribution is 8.26. The Morgan fingerprint density at radius 2 is 1.67 bits per heavy atom. The SMILES string of the molecule is C[C@@H]1CC2C3C[C@H](F)C4=CC(=O)C=C[C@]4(C)[C@@]3(F)[C@@H](C)C[C@]2(C)[C@@]1(OC(=O)c1ccco1)C(=O)SC(=O)c1ccco1. The van der Waals surface area contributed by atoms with Gasteiger partial charge in [0.15, 0.2) is 17.1 Å². The number of ether oxygens (including phenoxy) is 1. The number of hydrogen-bond acceptors (Lipinski definition) is 8. The first-order valence-electron chi connectivity index (χ1n) is 14.1. The van der Waals surface area contributed by atoms with E-state index in [0.717, 1.165) is 0 Å². The minimum atomic E-state index is -1.94. The van der Waals surface area contributed by atoms with Crippen LogP contribution in [0.4, 0.5) is 8.78 Å². The number of alkyl halides is 2. The lowest BCUT2D eigenvalue weighted by Gasteiger charge is -2.64. The summed E-state index contributed by atoms with van der Waals surface area (Å²) in [4.78, 5) is 53.0. The average molecular weight is 599 g/mol. The van der Waals surface area contributed by atoms with Gasteiger partial charge in [-0.05, 0) is 91.8 Å². The first kappa shape index (κ1) is 28.8. The van der Waals surface area contributed by atoms with Crippen molar-refractivity contribution in [1.29, 1.82) is 0 Å². The van der Waals surface area contributed by atoms with Crippen LogP contribution in [-0.4, -0.2) is 39.4 Å². The molecule has 3 fully saturated rings. The molecule has 42 heavy (non-hydrogen) atoms. The summed E-state index contributed by atoms with van der Waals surface area (Å²) in [5, 5.41) is -1.34. The van der Waals surface area contributed by atoms with E-state index >= 15 is 8.78 Å². The van der Waals surface area contributed by atoms with Crippen LogP contribution in [0.5, 0.6) is 0 Å². The van der Waals surface area contributed by atoms with Crippen molar-refractivity contribution in [3.8, 4) is 0 Å². The third-order valence-corrected chi connectivity index (χ3v) is 11.6. The van der Waals surface area contributed by atoms with E-state index in [-0.39, 0.29) is 42.1 Å². The lowest BCUT2D eigenvalue weighted by atomic mass is 9.42. The maximum atomic E-state index is 17.9. The van der Waals surface area contributed by atoms with Gasteiger partial charge in [0.2, 0.25) is 10.9 Å². The largest absolute Gasteiger partial charge is 0.460 e. The molecule has 222 valence electrons. The molecule has 0 aliphatic heterocycles. The molecule has 2 heterocycles. The molecule has 2 aromatic rings. The van der Waals surface area contributed by atoms with E-state index < -0.39 is 68.1 Å². The topological polar surface area (TPSA) is 104 Å². The number of thioether (sulfide) groups is 1. The predicted molar refractivity (Wildman–Crippen MR) is 149 cm³/mol. The molecule has 0 N–H and O–H groups in total. The molecule has 2 unspecified atom stereocenters. The number of carbonyl (C=O) groups is 4. The Hall–Kier alpha value is -3.27. The van der Waals surface area contributed by atoms with Gasteiger partial charge in [0, 0.05) is 22.7 Å². The van der Waals surface area contributed by atoms with Crippen LogP contribution in [0, 0.1) is 34.5 Å². The predicted octanol–water partition coefficient (Wildman–Crippen LogP) is 6.71. The highest BCUT2D eigenvalue weighted by Gasteiger charge is 2.77. The molecule has 3 saturated carbocycles. The molecule has 0 saturated heterocycles. The van der Waals surface area contributed by atoms with Crippen molar-refractivity contribution >= 4 is 33.7 Å². The third-order valence-electron chi connectivity index (χ3n) is 10.7. The monoisotopic (exact) mass is 598 g/mol. The maximum Gasteiger partial charge on any atom is 0.375 e. The van der Waals surface area contributed by atoms with Crippen LogP contribution in [-0.2, 0) is 14.3 Å². The number of furan rings is 2. The highest BCUT2D eigenvalue weighted by atomic mass is 32.2. The van der Waals surface area contributed by atoms with Gasteiger partial charge in [0.05, 0.1) is 12.5 Å². The van der Waals surface area contributed by atoms with Crippen LogP contribution in [0.25, 0.3) is 0 Å². The number of rotatable bonds is 4. The summed E-state index contributed by atoms with van der Waals surface area (Å²) in [5.41, 5.74) is -6.18. The van der Waals surface area contributed by atoms with Gasteiger partial charge in [-0.1, -0.05) is 26.8 Å². The molecule has 10 heteroatoms. The minimum Gasteiger partial charge on any atom is -0.460 e. The van der Waals surface area contributed by atoms with Gasteiger partial charge in [0.25, 0.3) is 5.12 Å². The van der Waals surface area contributed by atoms with Crippen LogP contribution in [0.1, 0.15) is 68.1 Å². The summed E-state index contributed by atoms with van der Waals surface area (Å²) < 4.78 is 50.4. The Labute approximate surface area is 246 Å². The van der Waals surface area contributed by atoms with Crippen molar-refractivity contribution in [2.45, 2.75) is 64.4 Å². The van der Waals surface area contributed by atoms with Gasteiger partial charge in [-0.2, -0.15) is 0 Å².